The summed E-state index contributed by atoms with van der Waals surface area (Å²) in [6.07, 6.45) is 31.0. The third-order valence-corrected chi connectivity index (χ3v) is 16.9. The van der Waals surface area contributed by atoms with E-state index in [9.17, 15) is 14.4 Å². The summed E-state index contributed by atoms with van der Waals surface area (Å²) in [4.78, 5) is 40.4. The molecule has 0 radical (unpaired) electrons. The number of hydrogen-bond donors (Lipinski definition) is 0. The van der Waals surface area contributed by atoms with Gasteiger partial charge in [0, 0.05) is 0 Å². The fourth-order valence-electron chi connectivity index (χ4n) is 6.47. The molecule has 0 aliphatic heterocycles. The Labute approximate surface area is 318 Å². The van der Waals surface area contributed by atoms with Gasteiger partial charge in [0.1, 0.15) is 0 Å². The Morgan fingerprint density at radius 1 is 0.431 bits per heavy atom. The summed E-state index contributed by atoms with van der Waals surface area (Å²) in [5.74, 6) is -1.04. The van der Waals surface area contributed by atoms with Crippen molar-refractivity contribution in [3.05, 3.63) is 24.3 Å². The number of methoxy groups -OCH3 is 1. The fraction of sp³-hybridized carbons (Fsp3) is 0.791. The first kappa shape index (κ1) is 47.2. The van der Waals surface area contributed by atoms with E-state index in [4.69, 9.17) is 14.0 Å². The van der Waals surface area contributed by atoms with Gasteiger partial charge in [-0.15, -0.1) is 0 Å². The van der Waals surface area contributed by atoms with E-state index in [-0.39, 0.29) is 19.3 Å². The zero-order valence-corrected chi connectivity index (χ0v) is 36.2. The van der Waals surface area contributed by atoms with E-state index in [0.717, 1.165) is 57.8 Å². The molecule has 51 heavy (non-hydrogen) atoms. The molecule has 0 saturated heterocycles. The first-order chi connectivity index (χ1) is 24.9. The Kier molecular flexibility index (Phi) is 30.4. The second-order valence-corrected chi connectivity index (χ2v) is 20.9. The van der Waals surface area contributed by atoms with Crippen molar-refractivity contribution in [3.63, 3.8) is 0 Å². The summed E-state index contributed by atoms with van der Waals surface area (Å²) in [5, 5.41) is 0. The van der Waals surface area contributed by atoms with Gasteiger partial charge in [-0.1, -0.05) is 20.8 Å². The van der Waals surface area contributed by atoms with Crippen molar-refractivity contribution in [3.8, 4) is 5.75 Å². The molecule has 0 fully saturated rings. The van der Waals surface area contributed by atoms with Gasteiger partial charge in [-0.2, -0.15) is 0 Å². The number of rotatable bonds is 35. The van der Waals surface area contributed by atoms with Crippen LogP contribution in [0.25, 0.3) is 0 Å². The van der Waals surface area contributed by atoms with Crippen molar-refractivity contribution in [2.75, 3.05) is 7.11 Å². The Morgan fingerprint density at radius 3 is 1.00 bits per heavy atom. The minimum absolute atomic E-state index is 0.190. The number of carbonyl (C=O) groups excluding carboxylic acids is 3. The molecule has 0 aliphatic carbocycles. The van der Waals surface area contributed by atoms with Crippen molar-refractivity contribution >= 4 is 41.1 Å². The van der Waals surface area contributed by atoms with Crippen LogP contribution in [-0.4, -0.2) is 44.6 Å². The first-order valence-electron chi connectivity index (χ1n) is 21.2. The molecule has 0 saturated carbocycles. The number of carbonyl (C=O) groups is 3. The van der Waals surface area contributed by atoms with Crippen LogP contribution in [0.15, 0.2) is 24.3 Å². The molecule has 0 atom stereocenters. The van der Waals surface area contributed by atoms with E-state index in [1.54, 1.807) is 24.3 Å². The number of unbranched alkanes of at least 4 members (excludes halogenated alkanes) is 24. The van der Waals surface area contributed by atoms with Crippen LogP contribution in [0, 0.1) is 0 Å². The summed E-state index contributed by atoms with van der Waals surface area (Å²) < 4.78 is 24.6. The van der Waals surface area contributed by atoms with E-state index in [0.29, 0.717) is 28.6 Å². The average Bonchev–Trinajstić information content (AvgIpc) is 3.12. The molecule has 0 N–H and O–H groups in total. The summed E-state index contributed by atoms with van der Waals surface area (Å²) in [7, 11) is 1.52. The van der Waals surface area contributed by atoms with E-state index in [1.165, 1.54) is 103 Å². The van der Waals surface area contributed by atoms with Crippen LogP contribution in [0.4, 0.5) is 0 Å². The molecule has 0 heterocycles. The van der Waals surface area contributed by atoms with Crippen LogP contribution in [0.5, 0.6) is 5.75 Å². The van der Waals surface area contributed by atoms with Gasteiger partial charge in [0.2, 0.25) is 0 Å². The first-order valence-corrected chi connectivity index (χ1v) is 26.1. The predicted molar refractivity (Wildman–Crippen MR) is 212 cm³/mol. The number of ether oxygens (including phenoxy) is 1. The molecule has 7 nitrogen and oxygen atoms in total. The molecule has 0 bridgehead atoms. The van der Waals surface area contributed by atoms with E-state index >= 15 is 0 Å². The molecule has 0 amide bonds. The van der Waals surface area contributed by atoms with Gasteiger partial charge in [0.05, 0.1) is 0 Å². The Bertz CT molecular complexity index is 925. The van der Waals surface area contributed by atoms with Crippen molar-refractivity contribution < 1.29 is 28.3 Å². The normalized spacial score (nSPS) is 11.4. The monoisotopic (exact) mass is 824 g/mol. The van der Waals surface area contributed by atoms with E-state index in [1.807, 2.05) is 0 Å². The maximum atomic E-state index is 13.5. The van der Waals surface area contributed by atoms with Gasteiger partial charge >= 0.3 is 299 Å². The number of benzene rings is 1. The van der Waals surface area contributed by atoms with Gasteiger partial charge in [-0.25, -0.2) is 0 Å². The number of hydrogen-bond acceptors (Lipinski definition) is 7. The van der Waals surface area contributed by atoms with Crippen LogP contribution < -0.4 is 8.32 Å². The average molecular weight is 824 g/mol. The summed E-state index contributed by atoms with van der Waals surface area (Å²) in [6, 6.07) is 7.04. The van der Waals surface area contributed by atoms with Gasteiger partial charge in [-0.3, -0.25) is 0 Å². The zero-order valence-electron chi connectivity index (χ0n) is 33.4. The molecular weight excluding hydrogens is 747 g/mol. The quantitative estimate of drug-likeness (QED) is 0.0497. The molecule has 294 valence electrons. The molecule has 8 heteroatoms. The van der Waals surface area contributed by atoms with Crippen LogP contribution in [0.2, 0.25) is 0 Å². The second kappa shape index (κ2) is 32.8. The maximum absolute atomic E-state index is 13.5. The van der Waals surface area contributed by atoms with Crippen LogP contribution in [-0.2, 0) is 23.6 Å². The van der Waals surface area contributed by atoms with E-state index < -0.39 is 37.5 Å². The van der Waals surface area contributed by atoms with E-state index in [2.05, 4.69) is 20.8 Å². The van der Waals surface area contributed by atoms with Crippen LogP contribution in [0.3, 0.4) is 0 Å². The minimum atomic E-state index is -5.42. The van der Waals surface area contributed by atoms with Gasteiger partial charge in [0.15, 0.2) is 0 Å². The predicted octanol–water partition coefficient (Wildman–Crippen LogP) is 12.2. The van der Waals surface area contributed by atoms with Crippen molar-refractivity contribution in [1.29, 1.82) is 0 Å². The summed E-state index contributed by atoms with van der Waals surface area (Å²) >= 11 is -5.42. The number of para-hydroxylation sites is 1. The Hall–Kier alpha value is -1.77. The third kappa shape index (κ3) is 24.2. The molecular formula is C43H76O7Sn. The SMILES string of the molecule is CCCCCCCCCCCC(=O)[O][Sn]([O]C(=O)CCCCCCCCCCC)([O]C(=O)CCCCCCCCCCC)[c]1ccccc1OC. The van der Waals surface area contributed by atoms with Gasteiger partial charge in [-0.05, 0) is 0 Å². The second-order valence-electron chi connectivity index (χ2n) is 14.4. The van der Waals surface area contributed by atoms with Crippen LogP contribution in [0.1, 0.15) is 213 Å². The fourth-order valence-corrected chi connectivity index (χ4v) is 13.5. The molecule has 1 rings (SSSR count). The van der Waals surface area contributed by atoms with Gasteiger partial charge in [0.25, 0.3) is 0 Å². The molecule has 0 aliphatic rings. The Balaban J connectivity index is 2.94. The molecule has 1 aromatic rings. The van der Waals surface area contributed by atoms with Gasteiger partial charge < -0.3 is 0 Å². The zero-order chi connectivity index (χ0) is 37.3. The Morgan fingerprint density at radius 2 is 0.706 bits per heavy atom. The molecule has 1 aromatic carbocycles. The van der Waals surface area contributed by atoms with Crippen molar-refractivity contribution in [1.82, 2.24) is 0 Å². The summed E-state index contributed by atoms with van der Waals surface area (Å²) in [5.41, 5.74) is 0. The van der Waals surface area contributed by atoms with Crippen molar-refractivity contribution in [2.45, 2.75) is 213 Å². The van der Waals surface area contributed by atoms with Crippen molar-refractivity contribution in [2.24, 2.45) is 0 Å². The molecule has 0 aromatic heterocycles. The molecule has 0 unspecified atom stereocenters. The summed E-state index contributed by atoms with van der Waals surface area (Å²) in [6.45, 7) is 6.68. The topological polar surface area (TPSA) is 88.1 Å². The van der Waals surface area contributed by atoms with Crippen LogP contribution >= 0.6 is 0 Å². The third-order valence-electron chi connectivity index (χ3n) is 9.63. The molecule has 0 spiro atoms. The standard InChI is InChI=1S/3C12H24O2.C7H7O.Sn/c3*1-2-3-4-5-6-7-8-9-10-11-12(13)14;1-8-7-5-3-2-4-6-7;/h3*2-11H2,1H3,(H,13,14);2-5H,1H3;/q;;;;+3/p-3.